The van der Waals surface area contributed by atoms with Crippen molar-refractivity contribution in [1.29, 1.82) is 0 Å². The summed E-state index contributed by atoms with van der Waals surface area (Å²) in [5.74, 6) is -1.46. The molecule has 2 amide bonds. The smallest absolute Gasteiger partial charge is 0.335 e. The number of rotatable bonds is 3. The Hall–Kier alpha value is -1.79. The van der Waals surface area contributed by atoms with Crippen LogP contribution < -0.4 is 10.6 Å². The molecule has 1 aliphatic carbocycles. The summed E-state index contributed by atoms with van der Waals surface area (Å²) in [5.41, 5.74) is 1.63. The molecular formula is C15H20F3N3O. The predicted molar refractivity (Wildman–Crippen MR) is 76.1 cm³/mol. The SMILES string of the molecule is Cc1cccnc1CNC(=O)NC1CCCCC1C(F)(F)F. The Bertz CT molecular complexity index is 519. The van der Waals surface area contributed by atoms with E-state index < -0.39 is 24.2 Å². The molecule has 0 bridgehead atoms. The number of nitrogens with zero attached hydrogens (tertiary/aromatic N) is 1. The number of hydrogen-bond acceptors (Lipinski definition) is 2. The maximum absolute atomic E-state index is 13.0. The average Bonchev–Trinajstić information content (AvgIpc) is 2.46. The molecule has 1 aliphatic rings. The molecule has 122 valence electrons. The van der Waals surface area contributed by atoms with E-state index in [9.17, 15) is 18.0 Å². The lowest BCUT2D eigenvalue weighted by atomic mass is 9.84. The molecule has 1 heterocycles. The molecule has 1 aromatic rings. The number of pyridine rings is 1. The first-order valence-corrected chi connectivity index (χ1v) is 7.39. The van der Waals surface area contributed by atoms with Crippen LogP contribution in [-0.4, -0.2) is 23.2 Å². The Kier molecular flexibility index (Phi) is 5.26. The number of carbonyl (C=O) groups excluding carboxylic acids is 1. The van der Waals surface area contributed by atoms with Crippen LogP contribution in [-0.2, 0) is 6.54 Å². The zero-order valence-electron chi connectivity index (χ0n) is 12.4. The Labute approximate surface area is 127 Å². The van der Waals surface area contributed by atoms with E-state index in [1.807, 2.05) is 13.0 Å². The summed E-state index contributed by atoms with van der Waals surface area (Å²) >= 11 is 0. The quantitative estimate of drug-likeness (QED) is 0.899. The second kappa shape index (κ2) is 6.98. The monoisotopic (exact) mass is 315 g/mol. The van der Waals surface area contributed by atoms with Gasteiger partial charge in [-0.1, -0.05) is 18.9 Å². The topological polar surface area (TPSA) is 54.0 Å². The van der Waals surface area contributed by atoms with Crippen LogP contribution in [0.4, 0.5) is 18.0 Å². The maximum atomic E-state index is 13.0. The van der Waals surface area contributed by atoms with Gasteiger partial charge in [0.15, 0.2) is 0 Å². The molecule has 0 aliphatic heterocycles. The van der Waals surface area contributed by atoms with E-state index in [1.165, 1.54) is 0 Å². The van der Waals surface area contributed by atoms with Gasteiger partial charge in [0.1, 0.15) is 0 Å². The van der Waals surface area contributed by atoms with Crippen LogP contribution in [0.2, 0.25) is 0 Å². The normalized spacial score (nSPS) is 22.2. The minimum Gasteiger partial charge on any atom is -0.335 e. The number of halogens is 3. The number of amides is 2. The van der Waals surface area contributed by atoms with Gasteiger partial charge in [-0.15, -0.1) is 0 Å². The standard InChI is InChI=1S/C15H20F3N3O/c1-10-5-4-8-19-13(10)9-20-14(22)21-12-7-3-2-6-11(12)15(16,17)18/h4-5,8,11-12H,2-3,6-7,9H2,1H3,(H2,20,21,22). The molecule has 0 radical (unpaired) electrons. The second-order valence-corrected chi connectivity index (χ2v) is 5.63. The van der Waals surface area contributed by atoms with Crippen molar-refractivity contribution in [2.45, 2.75) is 51.4 Å². The van der Waals surface area contributed by atoms with Crippen LogP contribution in [0.15, 0.2) is 18.3 Å². The van der Waals surface area contributed by atoms with Crippen molar-refractivity contribution in [3.63, 3.8) is 0 Å². The first-order chi connectivity index (χ1) is 10.4. The largest absolute Gasteiger partial charge is 0.393 e. The van der Waals surface area contributed by atoms with Gasteiger partial charge in [0, 0.05) is 12.2 Å². The van der Waals surface area contributed by atoms with Crippen LogP contribution in [0.3, 0.4) is 0 Å². The summed E-state index contributed by atoms with van der Waals surface area (Å²) in [7, 11) is 0. The number of hydrogen-bond donors (Lipinski definition) is 2. The third kappa shape index (κ3) is 4.35. The molecule has 0 saturated heterocycles. The highest BCUT2D eigenvalue weighted by molar-refractivity contribution is 5.74. The molecule has 7 heteroatoms. The first-order valence-electron chi connectivity index (χ1n) is 7.39. The highest BCUT2D eigenvalue weighted by Gasteiger charge is 2.45. The molecule has 1 saturated carbocycles. The van der Waals surface area contributed by atoms with Gasteiger partial charge in [-0.3, -0.25) is 4.98 Å². The lowest BCUT2D eigenvalue weighted by Gasteiger charge is -2.33. The van der Waals surface area contributed by atoms with Gasteiger partial charge >= 0.3 is 12.2 Å². The Morgan fingerprint density at radius 2 is 2.09 bits per heavy atom. The van der Waals surface area contributed by atoms with Gasteiger partial charge in [-0.05, 0) is 31.4 Å². The van der Waals surface area contributed by atoms with Gasteiger partial charge in [0.25, 0.3) is 0 Å². The fourth-order valence-electron chi connectivity index (χ4n) is 2.78. The Balaban J connectivity index is 1.89. The van der Waals surface area contributed by atoms with Crippen molar-refractivity contribution in [2.24, 2.45) is 5.92 Å². The summed E-state index contributed by atoms with van der Waals surface area (Å²) in [5, 5.41) is 5.05. The molecule has 2 atom stereocenters. The zero-order valence-corrected chi connectivity index (χ0v) is 12.4. The predicted octanol–water partition coefficient (Wildman–Crippen LogP) is 3.31. The summed E-state index contributed by atoms with van der Waals surface area (Å²) in [4.78, 5) is 16.0. The summed E-state index contributed by atoms with van der Waals surface area (Å²) in [6.07, 6.45) is -0.958. The summed E-state index contributed by atoms with van der Waals surface area (Å²) in [6, 6.07) is 2.22. The lowest BCUT2D eigenvalue weighted by Crippen LogP contribution is -2.50. The molecule has 1 aromatic heterocycles. The van der Waals surface area contributed by atoms with Crippen molar-refractivity contribution in [1.82, 2.24) is 15.6 Å². The maximum Gasteiger partial charge on any atom is 0.393 e. The Morgan fingerprint density at radius 3 is 2.77 bits per heavy atom. The van der Waals surface area contributed by atoms with Crippen LogP contribution >= 0.6 is 0 Å². The number of urea groups is 1. The van der Waals surface area contributed by atoms with Crippen molar-refractivity contribution in [3.8, 4) is 0 Å². The van der Waals surface area contributed by atoms with E-state index in [0.29, 0.717) is 25.0 Å². The molecule has 0 spiro atoms. The average molecular weight is 315 g/mol. The minimum atomic E-state index is -4.27. The number of carbonyl (C=O) groups is 1. The van der Waals surface area contributed by atoms with Gasteiger partial charge in [0.2, 0.25) is 0 Å². The summed E-state index contributed by atoms with van der Waals surface area (Å²) < 4.78 is 38.9. The molecule has 2 unspecified atom stereocenters. The second-order valence-electron chi connectivity index (χ2n) is 5.63. The number of nitrogens with one attached hydrogen (secondary N) is 2. The molecule has 0 aromatic carbocycles. The molecule has 2 N–H and O–H groups in total. The van der Waals surface area contributed by atoms with Crippen molar-refractivity contribution in [2.75, 3.05) is 0 Å². The van der Waals surface area contributed by atoms with Gasteiger partial charge < -0.3 is 10.6 Å². The van der Waals surface area contributed by atoms with Crippen LogP contribution in [0.5, 0.6) is 0 Å². The van der Waals surface area contributed by atoms with Crippen LogP contribution in [0, 0.1) is 12.8 Å². The first kappa shape index (κ1) is 16.6. The van der Waals surface area contributed by atoms with Crippen molar-refractivity contribution >= 4 is 6.03 Å². The number of aryl methyl sites for hydroxylation is 1. The van der Waals surface area contributed by atoms with E-state index in [2.05, 4.69) is 15.6 Å². The van der Waals surface area contributed by atoms with Gasteiger partial charge in [0.05, 0.1) is 18.2 Å². The highest BCUT2D eigenvalue weighted by Crippen LogP contribution is 2.37. The van der Waals surface area contributed by atoms with Crippen molar-refractivity contribution in [3.05, 3.63) is 29.6 Å². The van der Waals surface area contributed by atoms with Gasteiger partial charge in [-0.25, -0.2) is 4.79 Å². The van der Waals surface area contributed by atoms with E-state index in [1.54, 1.807) is 12.3 Å². The number of alkyl halides is 3. The van der Waals surface area contributed by atoms with Crippen LogP contribution in [0.25, 0.3) is 0 Å². The molecule has 22 heavy (non-hydrogen) atoms. The minimum absolute atomic E-state index is 0.0772. The van der Waals surface area contributed by atoms with Crippen molar-refractivity contribution < 1.29 is 18.0 Å². The van der Waals surface area contributed by atoms with E-state index >= 15 is 0 Å². The lowest BCUT2D eigenvalue weighted by molar-refractivity contribution is -0.187. The van der Waals surface area contributed by atoms with E-state index in [4.69, 9.17) is 0 Å². The Morgan fingerprint density at radius 1 is 1.36 bits per heavy atom. The van der Waals surface area contributed by atoms with Crippen LogP contribution in [0.1, 0.15) is 36.9 Å². The molecule has 1 fully saturated rings. The van der Waals surface area contributed by atoms with E-state index in [-0.39, 0.29) is 13.0 Å². The zero-order chi connectivity index (χ0) is 16.2. The third-order valence-electron chi connectivity index (χ3n) is 4.04. The molecule has 4 nitrogen and oxygen atoms in total. The number of aromatic nitrogens is 1. The summed E-state index contributed by atoms with van der Waals surface area (Å²) in [6.45, 7) is 2.06. The molecule has 2 rings (SSSR count). The fourth-order valence-corrected chi connectivity index (χ4v) is 2.78. The highest BCUT2D eigenvalue weighted by atomic mass is 19.4. The van der Waals surface area contributed by atoms with E-state index in [0.717, 1.165) is 5.56 Å². The third-order valence-corrected chi connectivity index (χ3v) is 4.04. The fraction of sp³-hybridized carbons (Fsp3) is 0.600. The van der Waals surface area contributed by atoms with Gasteiger partial charge in [-0.2, -0.15) is 13.2 Å². The molecular weight excluding hydrogens is 295 g/mol.